The Morgan fingerprint density at radius 2 is 2.17 bits per heavy atom. The molecular weight excluding hydrogens is 257 g/mol. The van der Waals surface area contributed by atoms with Gasteiger partial charge in [0.15, 0.2) is 0 Å². The zero-order chi connectivity index (χ0) is 13.1. The molecule has 0 amide bonds. The molecule has 1 aromatic carbocycles. The Morgan fingerprint density at radius 3 is 2.83 bits per heavy atom. The maximum atomic E-state index is 12.9. The van der Waals surface area contributed by atoms with E-state index in [1.54, 1.807) is 0 Å². The van der Waals surface area contributed by atoms with Crippen LogP contribution in [0.5, 0.6) is 0 Å². The van der Waals surface area contributed by atoms with Gasteiger partial charge in [0, 0.05) is 6.04 Å². The van der Waals surface area contributed by atoms with Crippen molar-refractivity contribution in [2.24, 2.45) is 0 Å². The second-order valence-corrected chi connectivity index (χ2v) is 4.57. The third-order valence-electron chi connectivity index (χ3n) is 2.29. The lowest BCUT2D eigenvalue weighted by molar-refractivity contribution is 0.459. The molecule has 0 fully saturated rings. The van der Waals surface area contributed by atoms with Gasteiger partial charge in [0.1, 0.15) is 5.82 Å². The molecule has 1 aromatic heterocycles. The lowest BCUT2D eigenvalue weighted by atomic mass is 10.2. The Labute approximate surface area is 109 Å². The molecule has 0 saturated carbocycles. The number of halogens is 2. The molecule has 1 N–H and O–H groups in total. The Morgan fingerprint density at radius 1 is 1.39 bits per heavy atom. The largest absolute Gasteiger partial charge is 0.419 e. The first-order valence-corrected chi connectivity index (χ1v) is 5.95. The minimum absolute atomic E-state index is 0.252. The Hall–Kier alpha value is -1.46. The molecule has 0 spiro atoms. The minimum atomic E-state index is -0.398. The molecule has 0 atom stereocenters. The lowest BCUT2D eigenvalue weighted by Gasteiger charge is -2.03. The number of hydrogen-bond donors (Lipinski definition) is 1. The van der Waals surface area contributed by atoms with Crippen LogP contribution in [0.3, 0.4) is 0 Å². The molecule has 0 saturated heterocycles. The van der Waals surface area contributed by atoms with E-state index in [1.807, 2.05) is 13.8 Å². The highest BCUT2D eigenvalue weighted by atomic mass is 35.5. The minimum Gasteiger partial charge on any atom is -0.419 e. The molecule has 6 heteroatoms. The van der Waals surface area contributed by atoms with Crippen LogP contribution in [-0.4, -0.2) is 16.2 Å². The van der Waals surface area contributed by atoms with E-state index < -0.39 is 5.82 Å². The van der Waals surface area contributed by atoms with Crippen molar-refractivity contribution in [2.45, 2.75) is 26.4 Å². The van der Waals surface area contributed by atoms with Crippen molar-refractivity contribution < 1.29 is 8.81 Å². The summed E-state index contributed by atoms with van der Waals surface area (Å²) in [6.07, 6.45) is 0. The molecule has 4 nitrogen and oxygen atoms in total. The zero-order valence-electron chi connectivity index (χ0n) is 10.1. The van der Waals surface area contributed by atoms with Gasteiger partial charge < -0.3 is 9.73 Å². The Kier molecular flexibility index (Phi) is 3.93. The molecule has 1 heterocycles. The number of nitrogens with zero attached hydrogens (tertiary/aromatic N) is 2. The van der Waals surface area contributed by atoms with Crippen molar-refractivity contribution in [3.63, 3.8) is 0 Å². The van der Waals surface area contributed by atoms with Crippen LogP contribution in [0.25, 0.3) is 11.5 Å². The quantitative estimate of drug-likeness (QED) is 0.927. The summed E-state index contributed by atoms with van der Waals surface area (Å²) >= 11 is 5.92. The highest BCUT2D eigenvalue weighted by molar-refractivity contribution is 6.33. The SMILES string of the molecule is CC(C)NCc1nnc(-c2ccc(F)cc2Cl)o1. The number of rotatable bonds is 4. The van der Waals surface area contributed by atoms with E-state index in [0.29, 0.717) is 29.9 Å². The van der Waals surface area contributed by atoms with Crippen molar-refractivity contribution in [2.75, 3.05) is 0 Å². The Bertz CT molecular complexity index is 542. The fourth-order valence-corrected chi connectivity index (χ4v) is 1.64. The van der Waals surface area contributed by atoms with E-state index in [9.17, 15) is 4.39 Å². The average Bonchev–Trinajstić information content (AvgIpc) is 2.75. The van der Waals surface area contributed by atoms with Crippen LogP contribution in [0.2, 0.25) is 5.02 Å². The van der Waals surface area contributed by atoms with Crippen molar-refractivity contribution >= 4 is 11.6 Å². The third kappa shape index (κ3) is 3.05. The number of aromatic nitrogens is 2. The van der Waals surface area contributed by atoms with Crippen LogP contribution >= 0.6 is 11.6 Å². The molecule has 18 heavy (non-hydrogen) atoms. The molecular formula is C12H13ClFN3O. The topological polar surface area (TPSA) is 51.0 Å². The highest BCUT2D eigenvalue weighted by Gasteiger charge is 2.12. The maximum absolute atomic E-state index is 12.9. The zero-order valence-corrected chi connectivity index (χ0v) is 10.8. The molecule has 0 radical (unpaired) electrons. The summed E-state index contributed by atoms with van der Waals surface area (Å²) in [4.78, 5) is 0. The van der Waals surface area contributed by atoms with Gasteiger partial charge in [0.05, 0.1) is 17.1 Å². The molecule has 0 bridgehead atoms. The van der Waals surface area contributed by atoms with E-state index in [0.717, 1.165) is 0 Å². The first kappa shape index (κ1) is 13.0. The number of hydrogen-bond acceptors (Lipinski definition) is 4. The van der Waals surface area contributed by atoms with E-state index in [1.165, 1.54) is 18.2 Å². The molecule has 0 aliphatic rings. The predicted octanol–water partition coefficient (Wildman–Crippen LogP) is 3.03. The third-order valence-corrected chi connectivity index (χ3v) is 2.60. The first-order chi connectivity index (χ1) is 8.56. The Balaban J connectivity index is 2.18. The van der Waals surface area contributed by atoms with Gasteiger partial charge in [0.25, 0.3) is 0 Å². The van der Waals surface area contributed by atoms with Gasteiger partial charge in [-0.25, -0.2) is 4.39 Å². The predicted molar refractivity (Wildman–Crippen MR) is 66.7 cm³/mol. The normalized spacial score (nSPS) is 11.2. The summed E-state index contributed by atoms with van der Waals surface area (Å²) in [6, 6.07) is 4.37. The van der Waals surface area contributed by atoms with Crippen molar-refractivity contribution in [1.82, 2.24) is 15.5 Å². The van der Waals surface area contributed by atoms with E-state index >= 15 is 0 Å². The van der Waals surface area contributed by atoms with Gasteiger partial charge in [-0.3, -0.25) is 0 Å². The van der Waals surface area contributed by atoms with E-state index in [2.05, 4.69) is 15.5 Å². The molecule has 0 aliphatic carbocycles. The fraction of sp³-hybridized carbons (Fsp3) is 0.333. The summed E-state index contributed by atoms with van der Waals surface area (Å²) in [5.74, 6) is 0.365. The number of nitrogens with one attached hydrogen (secondary N) is 1. The van der Waals surface area contributed by atoms with E-state index in [4.69, 9.17) is 16.0 Å². The second kappa shape index (κ2) is 5.46. The van der Waals surface area contributed by atoms with Crippen LogP contribution in [-0.2, 0) is 6.54 Å². The molecule has 96 valence electrons. The van der Waals surface area contributed by atoms with Crippen LogP contribution in [0, 0.1) is 5.82 Å². The van der Waals surface area contributed by atoms with Crippen LogP contribution in [0.4, 0.5) is 4.39 Å². The van der Waals surface area contributed by atoms with Gasteiger partial charge in [-0.15, -0.1) is 10.2 Å². The molecule has 0 aliphatic heterocycles. The van der Waals surface area contributed by atoms with Gasteiger partial charge in [-0.1, -0.05) is 25.4 Å². The smallest absolute Gasteiger partial charge is 0.249 e. The molecule has 0 unspecified atom stereocenters. The van der Waals surface area contributed by atoms with Crippen LogP contribution in [0.15, 0.2) is 22.6 Å². The summed E-state index contributed by atoms with van der Waals surface area (Å²) in [5.41, 5.74) is 0.529. The summed E-state index contributed by atoms with van der Waals surface area (Å²) in [5, 5.41) is 11.2. The highest BCUT2D eigenvalue weighted by Crippen LogP contribution is 2.27. The van der Waals surface area contributed by atoms with Gasteiger partial charge in [-0.2, -0.15) is 0 Å². The maximum Gasteiger partial charge on any atom is 0.249 e. The standard InChI is InChI=1S/C12H13ClFN3O/c1-7(2)15-6-11-16-17-12(18-11)9-4-3-8(14)5-10(9)13/h3-5,7,15H,6H2,1-2H3. The monoisotopic (exact) mass is 269 g/mol. The summed E-state index contributed by atoms with van der Waals surface area (Å²) in [7, 11) is 0. The summed E-state index contributed by atoms with van der Waals surface area (Å²) in [6.45, 7) is 4.53. The van der Waals surface area contributed by atoms with Crippen molar-refractivity contribution in [1.29, 1.82) is 0 Å². The van der Waals surface area contributed by atoms with Gasteiger partial charge in [0.2, 0.25) is 11.8 Å². The first-order valence-electron chi connectivity index (χ1n) is 5.57. The van der Waals surface area contributed by atoms with Crippen LogP contribution < -0.4 is 5.32 Å². The second-order valence-electron chi connectivity index (χ2n) is 4.16. The van der Waals surface area contributed by atoms with Crippen molar-refractivity contribution in [3.05, 3.63) is 34.9 Å². The summed E-state index contributed by atoms with van der Waals surface area (Å²) < 4.78 is 18.4. The average molecular weight is 270 g/mol. The van der Waals surface area contributed by atoms with E-state index in [-0.39, 0.29) is 5.02 Å². The van der Waals surface area contributed by atoms with Crippen molar-refractivity contribution in [3.8, 4) is 11.5 Å². The molecule has 2 rings (SSSR count). The van der Waals surface area contributed by atoms with Gasteiger partial charge in [-0.05, 0) is 18.2 Å². The number of benzene rings is 1. The molecule has 2 aromatic rings. The lowest BCUT2D eigenvalue weighted by Crippen LogP contribution is -2.21. The van der Waals surface area contributed by atoms with Gasteiger partial charge >= 0.3 is 0 Å². The fourth-order valence-electron chi connectivity index (χ4n) is 1.39. The van der Waals surface area contributed by atoms with Crippen LogP contribution in [0.1, 0.15) is 19.7 Å².